The SMILES string of the molecule is COc1ccc(C(=O)N2CCC(C(N)=O)CC2)cc1CSc1ccc(C)cc1. The molecule has 148 valence electrons. The topological polar surface area (TPSA) is 72.6 Å². The first-order valence-corrected chi connectivity index (χ1v) is 10.4. The van der Waals surface area contributed by atoms with Gasteiger partial charge >= 0.3 is 0 Å². The highest BCUT2D eigenvalue weighted by atomic mass is 32.2. The number of nitrogens with two attached hydrogens (primary N) is 1. The molecule has 0 atom stereocenters. The summed E-state index contributed by atoms with van der Waals surface area (Å²) >= 11 is 1.71. The average Bonchev–Trinajstić information content (AvgIpc) is 2.72. The van der Waals surface area contributed by atoms with E-state index in [0.29, 0.717) is 31.5 Å². The zero-order valence-electron chi connectivity index (χ0n) is 16.3. The van der Waals surface area contributed by atoms with Crippen LogP contribution in [0.15, 0.2) is 47.4 Å². The van der Waals surface area contributed by atoms with Crippen LogP contribution in [-0.2, 0) is 10.5 Å². The molecule has 0 saturated carbocycles. The lowest BCUT2D eigenvalue weighted by Crippen LogP contribution is -2.41. The molecule has 1 saturated heterocycles. The second-order valence-electron chi connectivity index (χ2n) is 7.10. The molecule has 0 spiro atoms. The smallest absolute Gasteiger partial charge is 0.253 e. The highest BCUT2D eigenvalue weighted by molar-refractivity contribution is 7.98. The van der Waals surface area contributed by atoms with Crippen LogP contribution in [0.1, 0.15) is 34.3 Å². The van der Waals surface area contributed by atoms with Gasteiger partial charge in [0, 0.05) is 40.8 Å². The predicted octanol–water partition coefficient (Wildman–Crippen LogP) is 3.63. The van der Waals surface area contributed by atoms with Crippen LogP contribution in [0, 0.1) is 12.8 Å². The lowest BCUT2D eigenvalue weighted by molar-refractivity contribution is -0.123. The Labute approximate surface area is 170 Å². The Hall–Kier alpha value is -2.47. The summed E-state index contributed by atoms with van der Waals surface area (Å²) in [5.74, 6) is 1.10. The molecule has 0 bridgehead atoms. The number of likely N-dealkylation sites (tertiary alicyclic amines) is 1. The molecule has 2 N–H and O–H groups in total. The standard InChI is InChI=1S/C22H26N2O3S/c1-15-3-6-19(7-4-15)28-14-18-13-17(5-8-20(18)27-2)22(26)24-11-9-16(10-12-24)21(23)25/h3-8,13,16H,9-12,14H2,1-2H3,(H2,23,25). The number of ether oxygens (including phenoxy) is 1. The molecule has 28 heavy (non-hydrogen) atoms. The number of thioether (sulfide) groups is 1. The average molecular weight is 399 g/mol. The van der Waals surface area contributed by atoms with Crippen LogP contribution >= 0.6 is 11.8 Å². The van der Waals surface area contributed by atoms with E-state index in [9.17, 15) is 9.59 Å². The fourth-order valence-electron chi connectivity index (χ4n) is 3.37. The van der Waals surface area contributed by atoms with E-state index in [2.05, 4.69) is 31.2 Å². The number of rotatable bonds is 6. The van der Waals surface area contributed by atoms with Crippen molar-refractivity contribution in [3.8, 4) is 5.75 Å². The maximum Gasteiger partial charge on any atom is 0.253 e. The number of nitrogens with zero attached hydrogens (tertiary/aromatic N) is 1. The molecule has 6 heteroatoms. The molecule has 0 aromatic heterocycles. The summed E-state index contributed by atoms with van der Waals surface area (Å²) in [5, 5.41) is 0. The second kappa shape index (κ2) is 9.15. The number of hydrogen-bond acceptors (Lipinski definition) is 4. The van der Waals surface area contributed by atoms with Gasteiger partial charge in [0.15, 0.2) is 0 Å². The number of carbonyl (C=O) groups excluding carboxylic acids is 2. The predicted molar refractivity (Wildman–Crippen MR) is 112 cm³/mol. The molecule has 3 rings (SSSR count). The van der Waals surface area contributed by atoms with Crippen molar-refractivity contribution in [3.05, 3.63) is 59.2 Å². The largest absolute Gasteiger partial charge is 0.496 e. The maximum atomic E-state index is 12.9. The highest BCUT2D eigenvalue weighted by Crippen LogP contribution is 2.30. The Morgan fingerprint density at radius 3 is 2.43 bits per heavy atom. The summed E-state index contributed by atoms with van der Waals surface area (Å²) in [7, 11) is 1.64. The van der Waals surface area contributed by atoms with E-state index in [1.165, 1.54) is 10.5 Å². The van der Waals surface area contributed by atoms with Gasteiger partial charge in [-0.3, -0.25) is 9.59 Å². The molecule has 1 aliphatic heterocycles. The minimum atomic E-state index is -0.271. The number of amides is 2. The third-order valence-electron chi connectivity index (χ3n) is 5.13. The van der Waals surface area contributed by atoms with E-state index in [4.69, 9.17) is 10.5 Å². The van der Waals surface area contributed by atoms with Gasteiger partial charge in [0.1, 0.15) is 5.75 Å². The number of piperidine rings is 1. The van der Waals surface area contributed by atoms with Crippen LogP contribution in [-0.4, -0.2) is 36.9 Å². The number of benzene rings is 2. The van der Waals surface area contributed by atoms with Crippen LogP contribution < -0.4 is 10.5 Å². The summed E-state index contributed by atoms with van der Waals surface area (Å²) in [6.07, 6.45) is 1.26. The Kier molecular flexibility index (Phi) is 6.62. The van der Waals surface area contributed by atoms with Gasteiger partial charge in [0.2, 0.25) is 5.91 Å². The number of methoxy groups -OCH3 is 1. The Bertz CT molecular complexity index is 843. The van der Waals surface area contributed by atoms with Crippen molar-refractivity contribution in [1.29, 1.82) is 0 Å². The zero-order valence-corrected chi connectivity index (χ0v) is 17.1. The molecule has 0 radical (unpaired) electrons. The Balaban J connectivity index is 1.70. The van der Waals surface area contributed by atoms with Gasteiger partial charge in [-0.2, -0.15) is 0 Å². The fourth-order valence-corrected chi connectivity index (χ4v) is 4.25. The maximum absolute atomic E-state index is 12.9. The minimum absolute atomic E-state index is 0.00726. The molecular weight excluding hydrogens is 372 g/mol. The van der Waals surface area contributed by atoms with Crippen molar-refractivity contribution < 1.29 is 14.3 Å². The first-order chi connectivity index (χ1) is 13.5. The second-order valence-corrected chi connectivity index (χ2v) is 8.15. The molecular formula is C22H26N2O3S. The van der Waals surface area contributed by atoms with Gasteiger partial charge in [-0.05, 0) is 50.1 Å². The number of hydrogen-bond donors (Lipinski definition) is 1. The fraction of sp³-hybridized carbons (Fsp3) is 0.364. The van der Waals surface area contributed by atoms with Gasteiger partial charge in [-0.1, -0.05) is 17.7 Å². The van der Waals surface area contributed by atoms with Gasteiger partial charge in [-0.15, -0.1) is 11.8 Å². The Morgan fingerprint density at radius 1 is 1.14 bits per heavy atom. The molecule has 0 aliphatic carbocycles. The van der Waals surface area contributed by atoms with Crippen LogP contribution in [0.5, 0.6) is 5.75 Å². The molecule has 5 nitrogen and oxygen atoms in total. The van der Waals surface area contributed by atoms with Crippen molar-refractivity contribution in [2.45, 2.75) is 30.4 Å². The van der Waals surface area contributed by atoms with E-state index in [0.717, 1.165) is 17.1 Å². The summed E-state index contributed by atoms with van der Waals surface area (Å²) < 4.78 is 5.48. The first kappa shape index (κ1) is 20.3. The quantitative estimate of drug-likeness (QED) is 0.754. The molecule has 2 amide bonds. The van der Waals surface area contributed by atoms with E-state index < -0.39 is 0 Å². The van der Waals surface area contributed by atoms with Crippen molar-refractivity contribution in [1.82, 2.24) is 4.90 Å². The van der Waals surface area contributed by atoms with Crippen LogP contribution in [0.4, 0.5) is 0 Å². The molecule has 0 unspecified atom stereocenters. The van der Waals surface area contributed by atoms with Gasteiger partial charge in [0.25, 0.3) is 5.91 Å². The Morgan fingerprint density at radius 2 is 1.82 bits per heavy atom. The van der Waals surface area contributed by atoms with Crippen LogP contribution in [0.25, 0.3) is 0 Å². The van der Waals surface area contributed by atoms with E-state index in [1.54, 1.807) is 29.8 Å². The van der Waals surface area contributed by atoms with Crippen LogP contribution in [0.2, 0.25) is 0 Å². The summed E-state index contributed by atoms with van der Waals surface area (Å²) in [6, 6.07) is 14.0. The third-order valence-corrected chi connectivity index (χ3v) is 6.19. The molecule has 2 aromatic rings. The summed E-state index contributed by atoms with van der Waals surface area (Å²) in [4.78, 5) is 27.2. The van der Waals surface area contributed by atoms with Gasteiger partial charge < -0.3 is 15.4 Å². The van der Waals surface area contributed by atoms with E-state index in [-0.39, 0.29) is 17.7 Å². The molecule has 1 fully saturated rings. The number of carbonyl (C=O) groups is 2. The lowest BCUT2D eigenvalue weighted by Gasteiger charge is -2.30. The lowest BCUT2D eigenvalue weighted by atomic mass is 9.95. The van der Waals surface area contributed by atoms with Crippen molar-refractivity contribution in [2.24, 2.45) is 11.7 Å². The number of primary amides is 1. The third kappa shape index (κ3) is 4.87. The zero-order chi connectivity index (χ0) is 20.1. The number of aryl methyl sites for hydroxylation is 1. The molecule has 2 aromatic carbocycles. The minimum Gasteiger partial charge on any atom is -0.496 e. The highest BCUT2D eigenvalue weighted by Gasteiger charge is 2.26. The van der Waals surface area contributed by atoms with Gasteiger partial charge in [-0.25, -0.2) is 0 Å². The van der Waals surface area contributed by atoms with Crippen molar-refractivity contribution in [3.63, 3.8) is 0 Å². The van der Waals surface area contributed by atoms with E-state index in [1.807, 2.05) is 12.1 Å². The van der Waals surface area contributed by atoms with Crippen LogP contribution in [0.3, 0.4) is 0 Å². The summed E-state index contributed by atoms with van der Waals surface area (Å²) in [6.45, 7) is 3.19. The van der Waals surface area contributed by atoms with Crippen molar-refractivity contribution >= 4 is 23.6 Å². The molecule has 1 aliphatic rings. The first-order valence-electron chi connectivity index (χ1n) is 9.43. The molecule has 1 heterocycles. The van der Waals surface area contributed by atoms with Gasteiger partial charge in [0.05, 0.1) is 7.11 Å². The monoisotopic (exact) mass is 398 g/mol. The summed E-state index contributed by atoms with van der Waals surface area (Å²) in [5.41, 5.74) is 8.26. The van der Waals surface area contributed by atoms with Crippen molar-refractivity contribution in [2.75, 3.05) is 20.2 Å². The normalized spacial score (nSPS) is 14.7. The van der Waals surface area contributed by atoms with E-state index >= 15 is 0 Å².